The van der Waals surface area contributed by atoms with Gasteiger partial charge in [0.05, 0.1) is 26.9 Å². The maximum absolute atomic E-state index is 14.4. The summed E-state index contributed by atoms with van der Waals surface area (Å²) in [5.74, 6) is -2.66. The van der Waals surface area contributed by atoms with Gasteiger partial charge in [-0.15, -0.1) is 0 Å². The molecular weight excluding hydrogens is 445 g/mol. The number of sulfonamides is 1. The normalized spacial score (nSPS) is 11.2. The zero-order chi connectivity index (χ0) is 21.2. The van der Waals surface area contributed by atoms with Crippen LogP contribution in [0.5, 0.6) is 0 Å². The van der Waals surface area contributed by atoms with E-state index in [4.69, 9.17) is 23.2 Å². The summed E-state index contributed by atoms with van der Waals surface area (Å²) in [6, 6.07) is 12.2. The first-order chi connectivity index (χ1) is 13.7. The maximum Gasteiger partial charge on any atom is 0.262 e. The van der Waals surface area contributed by atoms with Crippen molar-refractivity contribution in [2.75, 3.05) is 10.0 Å². The van der Waals surface area contributed by atoms with E-state index in [2.05, 4.69) is 10.0 Å². The molecule has 5 nitrogen and oxygen atoms in total. The standard InChI is InChI=1S/C19H12Cl2F2N2O3S/c20-11-5-7-17(14(21)9-11)25-29(27,28)12-6-8-18(16(23)10-12)24-19(26)13-3-1-2-4-15(13)22/h1-10,25H,(H,24,26). The van der Waals surface area contributed by atoms with Crippen molar-refractivity contribution in [2.24, 2.45) is 0 Å². The average molecular weight is 457 g/mol. The van der Waals surface area contributed by atoms with Gasteiger partial charge in [-0.1, -0.05) is 35.3 Å². The first-order valence-electron chi connectivity index (χ1n) is 8.01. The Hall–Kier alpha value is -2.68. The molecule has 0 atom stereocenters. The van der Waals surface area contributed by atoms with Gasteiger partial charge >= 0.3 is 0 Å². The molecule has 0 aliphatic heterocycles. The molecule has 10 heteroatoms. The molecule has 1 amide bonds. The maximum atomic E-state index is 14.4. The number of anilines is 2. The smallest absolute Gasteiger partial charge is 0.262 e. The van der Waals surface area contributed by atoms with Crippen LogP contribution >= 0.6 is 23.2 Å². The number of hydrogen-bond donors (Lipinski definition) is 2. The van der Waals surface area contributed by atoms with E-state index < -0.39 is 32.5 Å². The van der Waals surface area contributed by atoms with Crippen molar-refractivity contribution in [3.8, 4) is 0 Å². The number of carbonyl (C=O) groups is 1. The number of hydrogen-bond acceptors (Lipinski definition) is 3. The topological polar surface area (TPSA) is 75.3 Å². The lowest BCUT2D eigenvalue weighted by molar-refractivity contribution is 0.102. The van der Waals surface area contributed by atoms with Crippen LogP contribution in [-0.2, 0) is 10.0 Å². The summed E-state index contributed by atoms with van der Waals surface area (Å²) in [5.41, 5.74) is -0.516. The third-order valence-corrected chi connectivity index (χ3v) is 5.70. The number of carbonyl (C=O) groups excluding carboxylic acids is 1. The van der Waals surface area contributed by atoms with Gasteiger partial charge in [0.1, 0.15) is 11.6 Å². The van der Waals surface area contributed by atoms with E-state index in [1.807, 2.05) is 0 Å². The second-order valence-electron chi connectivity index (χ2n) is 5.81. The second kappa shape index (κ2) is 8.36. The zero-order valence-corrected chi connectivity index (χ0v) is 16.7. The number of nitrogens with one attached hydrogen (secondary N) is 2. The summed E-state index contributed by atoms with van der Waals surface area (Å²) >= 11 is 11.7. The SMILES string of the molecule is O=C(Nc1ccc(S(=O)(=O)Nc2ccc(Cl)cc2Cl)cc1F)c1ccccc1F. The van der Waals surface area contributed by atoms with Crippen LogP contribution in [0.3, 0.4) is 0 Å². The molecule has 0 aliphatic carbocycles. The molecule has 2 N–H and O–H groups in total. The van der Waals surface area contributed by atoms with Crippen LogP contribution in [0.4, 0.5) is 20.2 Å². The summed E-state index contributed by atoms with van der Waals surface area (Å²) in [7, 11) is -4.17. The molecular formula is C19H12Cl2F2N2O3S. The highest BCUT2D eigenvalue weighted by atomic mass is 35.5. The molecule has 3 aromatic rings. The minimum Gasteiger partial charge on any atom is -0.319 e. The average Bonchev–Trinajstić information content (AvgIpc) is 2.66. The van der Waals surface area contributed by atoms with Gasteiger partial charge in [-0.05, 0) is 48.5 Å². The molecule has 0 bridgehead atoms. The third kappa shape index (κ3) is 4.84. The Labute approximate surface area is 175 Å². The lowest BCUT2D eigenvalue weighted by Crippen LogP contribution is -2.16. The molecule has 3 aromatic carbocycles. The van der Waals surface area contributed by atoms with Crippen molar-refractivity contribution in [1.82, 2.24) is 0 Å². The number of halogens is 4. The van der Waals surface area contributed by atoms with Crippen molar-refractivity contribution in [2.45, 2.75) is 4.90 Å². The van der Waals surface area contributed by atoms with Gasteiger partial charge in [0.15, 0.2) is 0 Å². The molecule has 3 rings (SSSR count). The van der Waals surface area contributed by atoms with Crippen molar-refractivity contribution < 1.29 is 22.0 Å². The molecule has 0 saturated carbocycles. The molecule has 150 valence electrons. The lowest BCUT2D eigenvalue weighted by Gasteiger charge is -2.12. The van der Waals surface area contributed by atoms with E-state index in [-0.39, 0.29) is 22.0 Å². The van der Waals surface area contributed by atoms with Crippen LogP contribution in [-0.4, -0.2) is 14.3 Å². The van der Waals surface area contributed by atoms with Gasteiger partial charge in [0.2, 0.25) is 0 Å². The van der Waals surface area contributed by atoms with Gasteiger partial charge in [-0.3, -0.25) is 9.52 Å². The first-order valence-corrected chi connectivity index (χ1v) is 10.2. The summed E-state index contributed by atoms with van der Waals surface area (Å²) in [6.45, 7) is 0. The van der Waals surface area contributed by atoms with Crippen molar-refractivity contribution in [1.29, 1.82) is 0 Å². The molecule has 0 aliphatic rings. The van der Waals surface area contributed by atoms with E-state index in [1.54, 1.807) is 0 Å². The first kappa shape index (κ1) is 21.0. The van der Waals surface area contributed by atoms with Gasteiger partial charge in [-0.25, -0.2) is 17.2 Å². The predicted molar refractivity (Wildman–Crippen MR) is 108 cm³/mol. The molecule has 0 unspecified atom stereocenters. The molecule has 0 radical (unpaired) electrons. The Morgan fingerprint density at radius 3 is 2.21 bits per heavy atom. The van der Waals surface area contributed by atoms with Crippen LogP contribution in [0.15, 0.2) is 65.6 Å². The van der Waals surface area contributed by atoms with Crippen LogP contribution in [0, 0.1) is 11.6 Å². The zero-order valence-electron chi connectivity index (χ0n) is 14.4. The summed E-state index contributed by atoms with van der Waals surface area (Å²) in [4.78, 5) is 11.7. The van der Waals surface area contributed by atoms with Gasteiger partial charge in [-0.2, -0.15) is 0 Å². The monoisotopic (exact) mass is 456 g/mol. The van der Waals surface area contributed by atoms with Gasteiger partial charge in [0.25, 0.3) is 15.9 Å². The predicted octanol–water partition coefficient (Wildman–Crippen LogP) is 5.32. The number of benzene rings is 3. The highest BCUT2D eigenvalue weighted by Gasteiger charge is 2.19. The van der Waals surface area contributed by atoms with Crippen LogP contribution < -0.4 is 10.0 Å². The molecule has 0 spiro atoms. The summed E-state index contributed by atoms with van der Waals surface area (Å²) in [5, 5.41) is 2.59. The number of rotatable bonds is 5. The van der Waals surface area contributed by atoms with Crippen molar-refractivity contribution >= 4 is 50.5 Å². The number of amides is 1. The second-order valence-corrected chi connectivity index (χ2v) is 8.33. The van der Waals surface area contributed by atoms with E-state index >= 15 is 0 Å². The van der Waals surface area contributed by atoms with E-state index in [9.17, 15) is 22.0 Å². The Bertz CT molecular complexity index is 1200. The van der Waals surface area contributed by atoms with E-state index in [0.29, 0.717) is 5.02 Å². The quantitative estimate of drug-likeness (QED) is 0.544. The lowest BCUT2D eigenvalue weighted by atomic mass is 10.2. The van der Waals surface area contributed by atoms with Gasteiger partial charge < -0.3 is 5.32 Å². The Balaban J connectivity index is 1.83. The minimum atomic E-state index is -4.17. The fourth-order valence-corrected chi connectivity index (χ4v) is 3.98. The van der Waals surface area contributed by atoms with E-state index in [1.165, 1.54) is 36.4 Å². The molecule has 0 heterocycles. The molecule has 29 heavy (non-hydrogen) atoms. The highest BCUT2D eigenvalue weighted by molar-refractivity contribution is 7.92. The molecule has 0 saturated heterocycles. The highest BCUT2D eigenvalue weighted by Crippen LogP contribution is 2.28. The van der Waals surface area contributed by atoms with Crippen LogP contribution in [0.2, 0.25) is 10.0 Å². The van der Waals surface area contributed by atoms with Gasteiger partial charge in [0, 0.05) is 5.02 Å². The Morgan fingerprint density at radius 2 is 1.55 bits per heavy atom. The van der Waals surface area contributed by atoms with Crippen molar-refractivity contribution in [3.63, 3.8) is 0 Å². The Morgan fingerprint density at radius 1 is 0.862 bits per heavy atom. The largest absolute Gasteiger partial charge is 0.319 e. The van der Waals surface area contributed by atoms with E-state index in [0.717, 1.165) is 24.3 Å². The van der Waals surface area contributed by atoms with Crippen LogP contribution in [0.25, 0.3) is 0 Å². The minimum absolute atomic E-state index is 0.0633. The fourth-order valence-electron chi connectivity index (χ4n) is 2.38. The Kier molecular flexibility index (Phi) is 6.07. The third-order valence-electron chi connectivity index (χ3n) is 3.79. The van der Waals surface area contributed by atoms with Crippen molar-refractivity contribution in [3.05, 3.63) is 87.9 Å². The molecule has 0 fully saturated rings. The molecule has 0 aromatic heterocycles. The summed E-state index contributed by atoms with van der Waals surface area (Å²) in [6.07, 6.45) is 0. The summed E-state index contributed by atoms with van der Waals surface area (Å²) < 4.78 is 55.2. The van der Waals surface area contributed by atoms with Crippen LogP contribution in [0.1, 0.15) is 10.4 Å². The fraction of sp³-hybridized carbons (Fsp3) is 0.